The average molecular weight is 513 g/mol. The summed E-state index contributed by atoms with van der Waals surface area (Å²) in [4.78, 5) is 34.9. The highest BCUT2D eigenvalue weighted by molar-refractivity contribution is 5.89. The number of aromatic nitrogens is 1. The summed E-state index contributed by atoms with van der Waals surface area (Å²) in [5.41, 5.74) is 4.29. The van der Waals surface area contributed by atoms with Gasteiger partial charge in [0.2, 0.25) is 0 Å². The number of carbonyl (C=O) groups is 3. The van der Waals surface area contributed by atoms with E-state index in [4.69, 9.17) is 14.9 Å². The molecule has 0 radical (unpaired) electrons. The minimum absolute atomic E-state index is 0.00296. The highest BCUT2D eigenvalue weighted by atomic mass is 16.5. The third-order valence-electron chi connectivity index (χ3n) is 8.24. The van der Waals surface area contributed by atoms with Gasteiger partial charge in [-0.25, -0.2) is 0 Å². The Morgan fingerprint density at radius 2 is 1.70 bits per heavy atom. The fourth-order valence-corrected chi connectivity index (χ4v) is 6.43. The first-order chi connectivity index (χ1) is 17.8. The lowest BCUT2D eigenvalue weighted by Gasteiger charge is -2.46. The van der Waals surface area contributed by atoms with Gasteiger partial charge in [0.25, 0.3) is 0 Å². The summed E-state index contributed by atoms with van der Waals surface area (Å²) in [6, 6.07) is 7.27. The van der Waals surface area contributed by atoms with Crippen molar-refractivity contribution >= 4 is 28.8 Å². The van der Waals surface area contributed by atoms with Crippen LogP contribution < -0.4 is 0 Å². The quantitative estimate of drug-likeness (QED) is 0.512. The minimum atomic E-state index is -1.08. The van der Waals surface area contributed by atoms with Gasteiger partial charge >= 0.3 is 17.9 Å². The zero-order valence-electron chi connectivity index (χ0n) is 22.0. The van der Waals surface area contributed by atoms with Crippen LogP contribution in [0.1, 0.15) is 82.3 Å². The van der Waals surface area contributed by atoms with Gasteiger partial charge in [0.1, 0.15) is 6.10 Å². The average Bonchev–Trinajstić information content (AvgIpc) is 3.26. The second-order valence-corrected chi connectivity index (χ2v) is 10.6. The van der Waals surface area contributed by atoms with Crippen molar-refractivity contribution in [1.29, 1.82) is 0 Å². The molecule has 0 bridgehead atoms. The number of hydrogen-bond donors (Lipinski definition) is 2. The van der Waals surface area contributed by atoms with Crippen LogP contribution in [0.5, 0.6) is 0 Å². The lowest BCUT2D eigenvalue weighted by atomic mass is 9.72. The first-order valence-corrected chi connectivity index (χ1v) is 13.8. The van der Waals surface area contributed by atoms with E-state index in [1.54, 1.807) is 0 Å². The van der Waals surface area contributed by atoms with E-state index in [-0.39, 0.29) is 30.8 Å². The molecule has 1 unspecified atom stereocenters. The van der Waals surface area contributed by atoms with Crippen molar-refractivity contribution in [3.63, 3.8) is 0 Å². The summed E-state index contributed by atoms with van der Waals surface area (Å²) in [6.07, 6.45) is 9.75. The lowest BCUT2D eigenvalue weighted by Crippen LogP contribution is -2.51. The number of aryl methyl sites for hydroxylation is 1. The second kappa shape index (κ2) is 12.1. The fraction of sp³-hybridized carbons (Fsp3) is 0.621. The Hall–Kier alpha value is -2.87. The summed E-state index contributed by atoms with van der Waals surface area (Å²) in [5.74, 6) is -1.67. The molecule has 0 amide bonds. The predicted molar refractivity (Wildman–Crippen MR) is 141 cm³/mol. The number of fused-ring (bicyclic) bond motifs is 2. The Labute approximate surface area is 218 Å². The van der Waals surface area contributed by atoms with Crippen LogP contribution in [0, 0.1) is 5.92 Å². The summed E-state index contributed by atoms with van der Waals surface area (Å²) in [6.45, 7) is 7.30. The number of carbonyl (C=O) groups excluding carboxylic acids is 1. The fourth-order valence-electron chi connectivity index (χ4n) is 6.43. The van der Waals surface area contributed by atoms with Crippen LogP contribution in [0.25, 0.3) is 10.9 Å². The van der Waals surface area contributed by atoms with Crippen LogP contribution in [0.2, 0.25) is 0 Å². The molecule has 1 aromatic carbocycles. The molecule has 1 aromatic heterocycles. The Bertz CT molecular complexity index is 1110. The molecule has 1 saturated heterocycles. The van der Waals surface area contributed by atoms with E-state index < -0.39 is 11.9 Å². The van der Waals surface area contributed by atoms with Crippen molar-refractivity contribution in [2.75, 3.05) is 13.1 Å². The summed E-state index contributed by atoms with van der Waals surface area (Å²) < 4.78 is 8.38. The van der Waals surface area contributed by atoms with E-state index >= 15 is 0 Å². The van der Waals surface area contributed by atoms with Gasteiger partial charge in [0, 0.05) is 42.1 Å². The van der Waals surface area contributed by atoms with Gasteiger partial charge in [-0.15, -0.1) is 0 Å². The monoisotopic (exact) mass is 512 g/mol. The van der Waals surface area contributed by atoms with Gasteiger partial charge in [-0.1, -0.05) is 25.5 Å². The molecule has 8 nitrogen and oxygen atoms in total. The number of rotatable bonds is 7. The third-order valence-corrected chi connectivity index (χ3v) is 8.24. The number of likely N-dealkylation sites (N-methyl/N-ethyl adjacent to an activating group) is 1. The molecule has 5 rings (SSSR count). The molecular weight excluding hydrogens is 472 g/mol. The topological polar surface area (TPSA) is 109 Å². The van der Waals surface area contributed by atoms with Crippen molar-refractivity contribution in [2.45, 2.75) is 96.2 Å². The van der Waals surface area contributed by atoms with E-state index in [9.17, 15) is 14.4 Å². The highest BCUT2D eigenvalue weighted by Crippen LogP contribution is 2.45. The van der Waals surface area contributed by atoms with Crippen LogP contribution >= 0.6 is 0 Å². The molecule has 2 N–H and O–H groups in total. The van der Waals surface area contributed by atoms with E-state index in [0.717, 1.165) is 45.3 Å². The number of hydrogen-bond acceptors (Lipinski definition) is 5. The van der Waals surface area contributed by atoms with Gasteiger partial charge in [-0.2, -0.15) is 0 Å². The Kier molecular flexibility index (Phi) is 8.90. The van der Waals surface area contributed by atoms with Gasteiger partial charge in [-0.3, -0.25) is 19.3 Å². The smallest absolute Gasteiger partial charge is 0.310 e. The molecule has 8 heteroatoms. The number of likely N-dealkylation sites (tertiary alicyclic amines) is 1. The molecule has 2 fully saturated rings. The van der Waals surface area contributed by atoms with Crippen molar-refractivity contribution < 1.29 is 29.3 Å². The number of carboxylic acid groups (broad SMARTS) is 2. The van der Waals surface area contributed by atoms with Gasteiger partial charge < -0.3 is 19.5 Å². The zero-order chi connectivity index (χ0) is 26.5. The normalized spacial score (nSPS) is 23.6. The molecule has 1 aliphatic heterocycles. The number of nitrogens with zero attached hydrogens (tertiary/aromatic N) is 2. The molecule has 37 heavy (non-hydrogen) atoms. The number of ether oxygens (including phenoxy) is 1. The van der Waals surface area contributed by atoms with E-state index in [1.165, 1.54) is 41.3 Å². The van der Waals surface area contributed by atoms with Crippen LogP contribution in [-0.2, 0) is 32.1 Å². The first kappa shape index (κ1) is 27.2. The minimum Gasteiger partial charge on any atom is -0.481 e. The van der Waals surface area contributed by atoms with E-state index in [1.807, 2.05) is 0 Å². The maximum atomic E-state index is 13.1. The molecule has 0 spiro atoms. The Balaban J connectivity index is 0.000000349. The third kappa shape index (κ3) is 6.17. The van der Waals surface area contributed by atoms with Crippen molar-refractivity contribution in [2.24, 2.45) is 5.92 Å². The molecule has 2 aliphatic carbocycles. The Morgan fingerprint density at radius 3 is 2.32 bits per heavy atom. The molecule has 2 heterocycles. The molecule has 3 aliphatic rings. The lowest BCUT2D eigenvalue weighted by molar-refractivity contribution is -0.158. The first-order valence-electron chi connectivity index (χ1n) is 13.8. The number of benzene rings is 1. The van der Waals surface area contributed by atoms with Gasteiger partial charge in [0.15, 0.2) is 0 Å². The van der Waals surface area contributed by atoms with Crippen LogP contribution in [0.4, 0.5) is 0 Å². The summed E-state index contributed by atoms with van der Waals surface area (Å²) in [5, 5.41) is 17.2. The van der Waals surface area contributed by atoms with Crippen molar-refractivity contribution in [3.05, 3.63) is 35.5 Å². The largest absolute Gasteiger partial charge is 0.481 e. The Morgan fingerprint density at radius 1 is 1.00 bits per heavy atom. The number of carboxylic acids is 2. The van der Waals surface area contributed by atoms with Crippen molar-refractivity contribution in [3.8, 4) is 0 Å². The summed E-state index contributed by atoms with van der Waals surface area (Å²) >= 11 is 0. The molecule has 1 saturated carbocycles. The second-order valence-electron chi connectivity index (χ2n) is 10.6. The summed E-state index contributed by atoms with van der Waals surface area (Å²) in [7, 11) is 0. The van der Waals surface area contributed by atoms with Gasteiger partial charge in [0.05, 0.1) is 18.8 Å². The SMILES string of the molecule is CCN1C[C@H](C(=O)OC2CCCCC2)CC2c3cccc4c3c(cn4CC)C[C@H]21.O=C(O)CCC(=O)O. The molecular formula is C29H40N2O6. The van der Waals surface area contributed by atoms with Crippen molar-refractivity contribution in [1.82, 2.24) is 9.47 Å². The predicted octanol–water partition coefficient (Wildman–Crippen LogP) is 4.82. The zero-order valence-corrected chi connectivity index (χ0v) is 22.0. The maximum absolute atomic E-state index is 13.1. The van der Waals surface area contributed by atoms with Crippen LogP contribution in [0.3, 0.4) is 0 Å². The van der Waals surface area contributed by atoms with Gasteiger partial charge in [-0.05, 0) is 69.2 Å². The van der Waals surface area contributed by atoms with E-state index in [0.29, 0.717) is 12.0 Å². The molecule has 3 atom stereocenters. The van der Waals surface area contributed by atoms with Crippen LogP contribution in [0.15, 0.2) is 24.4 Å². The molecule has 202 valence electrons. The number of aliphatic carboxylic acids is 2. The maximum Gasteiger partial charge on any atom is 0.310 e. The van der Waals surface area contributed by atoms with E-state index in [2.05, 4.69) is 47.7 Å². The highest BCUT2D eigenvalue weighted by Gasteiger charge is 2.43. The molecule has 2 aromatic rings. The number of piperidine rings is 1. The standard InChI is InChI=1S/C25H34N2O2.C4H6O4/c1-3-26-15-17-14-23-21(20-11-8-12-22(26)24(17)20)13-18(16-27(23)4-2)25(28)29-19-9-6-5-7-10-19;5-3(6)1-2-4(7)8/h8,11-12,15,18-19,21,23H,3-7,9-10,13-14,16H2,1-2H3;1-2H2,(H,5,6)(H,7,8)/t18-,21?,23-;/m1./s1. The number of esters is 1. The van der Waals surface area contributed by atoms with Crippen LogP contribution in [-0.4, -0.2) is 62.8 Å².